The maximum atomic E-state index is 4.77. The fourth-order valence-corrected chi connectivity index (χ4v) is 2.54. The fourth-order valence-electron chi connectivity index (χ4n) is 2.54. The third kappa shape index (κ3) is 1.90. The number of anilines is 1. The molecule has 4 heteroatoms. The standard InChI is InChI=1S/C13H18N4/c1-2-8(1)12-10-7-14-6-5-11(10)16-13(17-12)15-9-3-4-9/h8-9,14H,1-7H2,(H,15,16,17). The van der Waals surface area contributed by atoms with E-state index < -0.39 is 0 Å². The predicted octanol–water partition coefficient (Wildman–Crippen LogP) is 1.57. The number of aromatic nitrogens is 2. The normalized spacial score (nSPS) is 23.3. The molecule has 0 aromatic carbocycles. The van der Waals surface area contributed by atoms with Crippen LogP contribution >= 0.6 is 0 Å². The second-order valence-corrected chi connectivity index (χ2v) is 5.48. The smallest absolute Gasteiger partial charge is 0.223 e. The van der Waals surface area contributed by atoms with Crippen molar-refractivity contribution < 1.29 is 0 Å². The fraction of sp³-hybridized carbons (Fsp3) is 0.692. The summed E-state index contributed by atoms with van der Waals surface area (Å²) < 4.78 is 0. The topological polar surface area (TPSA) is 49.8 Å². The molecule has 90 valence electrons. The van der Waals surface area contributed by atoms with Crippen molar-refractivity contribution in [3.8, 4) is 0 Å². The highest BCUT2D eigenvalue weighted by molar-refractivity contribution is 5.40. The van der Waals surface area contributed by atoms with Crippen LogP contribution in [0.25, 0.3) is 0 Å². The zero-order valence-corrected chi connectivity index (χ0v) is 10.00. The van der Waals surface area contributed by atoms with Gasteiger partial charge in [-0.15, -0.1) is 0 Å². The van der Waals surface area contributed by atoms with Gasteiger partial charge in [0.15, 0.2) is 0 Å². The van der Waals surface area contributed by atoms with Gasteiger partial charge in [-0.2, -0.15) is 0 Å². The van der Waals surface area contributed by atoms with E-state index in [2.05, 4.69) is 10.6 Å². The van der Waals surface area contributed by atoms with Crippen LogP contribution in [0.4, 0.5) is 5.95 Å². The van der Waals surface area contributed by atoms with Gasteiger partial charge in [-0.1, -0.05) is 0 Å². The molecule has 4 nitrogen and oxygen atoms in total. The first-order valence-electron chi connectivity index (χ1n) is 6.77. The maximum absolute atomic E-state index is 4.77. The van der Waals surface area contributed by atoms with Gasteiger partial charge in [0.05, 0.1) is 11.4 Å². The minimum absolute atomic E-state index is 0.641. The molecular formula is C13H18N4. The zero-order chi connectivity index (χ0) is 11.2. The summed E-state index contributed by atoms with van der Waals surface area (Å²) in [4.78, 5) is 9.47. The third-order valence-corrected chi connectivity index (χ3v) is 3.84. The van der Waals surface area contributed by atoms with Crippen molar-refractivity contribution in [1.29, 1.82) is 0 Å². The highest BCUT2D eigenvalue weighted by Gasteiger charge is 2.31. The van der Waals surface area contributed by atoms with E-state index in [4.69, 9.17) is 9.97 Å². The van der Waals surface area contributed by atoms with Gasteiger partial charge in [0, 0.05) is 37.0 Å². The quantitative estimate of drug-likeness (QED) is 0.827. The molecule has 17 heavy (non-hydrogen) atoms. The number of nitrogens with one attached hydrogen (secondary N) is 2. The van der Waals surface area contributed by atoms with Crippen molar-refractivity contribution in [2.45, 2.75) is 50.6 Å². The van der Waals surface area contributed by atoms with Crippen LogP contribution in [-0.4, -0.2) is 22.6 Å². The summed E-state index contributed by atoms with van der Waals surface area (Å²) in [6.45, 7) is 2.02. The molecule has 0 amide bonds. The highest BCUT2D eigenvalue weighted by atomic mass is 15.1. The van der Waals surface area contributed by atoms with Gasteiger partial charge in [0.1, 0.15) is 0 Å². The second-order valence-electron chi connectivity index (χ2n) is 5.48. The molecule has 1 aliphatic heterocycles. The van der Waals surface area contributed by atoms with Crippen molar-refractivity contribution in [1.82, 2.24) is 15.3 Å². The average Bonchev–Trinajstić information content (AvgIpc) is 3.22. The number of nitrogens with zero attached hydrogens (tertiary/aromatic N) is 2. The Kier molecular flexibility index (Phi) is 2.12. The van der Waals surface area contributed by atoms with Crippen LogP contribution in [0.2, 0.25) is 0 Å². The second kappa shape index (κ2) is 3.67. The Morgan fingerprint density at radius 2 is 2.00 bits per heavy atom. The van der Waals surface area contributed by atoms with Crippen LogP contribution in [0, 0.1) is 0 Å². The van der Waals surface area contributed by atoms with Gasteiger partial charge in [-0.05, 0) is 25.7 Å². The lowest BCUT2D eigenvalue weighted by atomic mass is 10.0. The predicted molar refractivity (Wildman–Crippen MR) is 66.1 cm³/mol. The van der Waals surface area contributed by atoms with Crippen molar-refractivity contribution in [2.75, 3.05) is 11.9 Å². The summed E-state index contributed by atoms with van der Waals surface area (Å²) in [5, 5.41) is 6.88. The molecule has 0 spiro atoms. The van der Waals surface area contributed by atoms with Gasteiger partial charge in [0.2, 0.25) is 5.95 Å². The molecule has 0 unspecified atom stereocenters. The monoisotopic (exact) mass is 230 g/mol. The Bertz CT molecular complexity index is 449. The lowest BCUT2D eigenvalue weighted by molar-refractivity contribution is 0.617. The van der Waals surface area contributed by atoms with Gasteiger partial charge in [-0.3, -0.25) is 0 Å². The van der Waals surface area contributed by atoms with Crippen LogP contribution < -0.4 is 10.6 Å². The molecule has 1 aromatic rings. The number of rotatable bonds is 3. The van der Waals surface area contributed by atoms with Crippen LogP contribution in [0.1, 0.15) is 48.6 Å². The van der Waals surface area contributed by atoms with E-state index in [1.54, 1.807) is 0 Å². The molecule has 0 radical (unpaired) electrons. The summed E-state index contributed by atoms with van der Waals surface area (Å²) in [6.07, 6.45) is 6.23. The largest absolute Gasteiger partial charge is 0.351 e. The molecule has 0 saturated heterocycles. The maximum Gasteiger partial charge on any atom is 0.223 e. The molecular weight excluding hydrogens is 212 g/mol. The van der Waals surface area contributed by atoms with Gasteiger partial charge < -0.3 is 10.6 Å². The zero-order valence-electron chi connectivity index (χ0n) is 10.00. The van der Waals surface area contributed by atoms with E-state index in [1.807, 2.05) is 0 Å². The molecule has 2 fully saturated rings. The summed E-state index contributed by atoms with van der Waals surface area (Å²) >= 11 is 0. The van der Waals surface area contributed by atoms with Crippen LogP contribution in [0.15, 0.2) is 0 Å². The van der Waals surface area contributed by atoms with Crippen molar-refractivity contribution >= 4 is 5.95 Å². The number of hydrogen-bond acceptors (Lipinski definition) is 4. The van der Waals surface area contributed by atoms with Gasteiger partial charge in [-0.25, -0.2) is 9.97 Å². The van der Waals surface area contributed by atoms with Crippen LogP contribution in [0.5, 0.6) is 0 Å². The lowest BCUT2D eigenvalue weighted by Gasteiger charge is -2.20. The van der Waals surface area contributed by atoms with Gasteiger partial charge >= 0.3 is 0 Å². The Balaban J connectivity index is 1.73. The van der Waals surface area contributed by atoms with E-state index in [0.717, 1.165) is 25.5 Å². The Hall–Kier alpha value is -1.16. The summed E-state index contributed by atoms with van der Waals surface area (Å²) in [5.41, 5.74) is 3.99. The number of fused-ring (bicyclic) bond motifs is 1. The van der Waals surface area contributed by atoms with E-state index in [0.29, 0.717) is 12.0 Å². The third-order valence-electron chi connectivity index (χ3n) is 3.84. The molecule has 1 aromatic heterocycles. The molecule has 2 N–H and O–H groups in total. The minimum Gasteiger partial charge on any atom is -0.351 e. The summed E-state index contributed by atoms with van der Waals surface area (Å²) in [7, 11) is 0. The van der Waals surface area contributed by atoms with Crippen molar-refractivity contribution in [2.24, 2.45) is 0 Å². The Morgan fingerprint density at radius 1 is 1.12 bits per heavy atom. The van der Waals surface area contributed by atoms with E-state index in [-0.39, 0.29) is 0 Å². The van der Waals surface area contributed by atoms with Crippen LogP contribution in [-0.2, 0) is 13.0 Å². The van der Waals surface area contributed by atoms with E-state index in [1.165, 1.54) is 42.6 Å². The molecule has 2 aliphatic carbocycles. The summed E-state index contributed by atoms with van der Waals surface area (Å²) in [6, 6.07) is 0.641. The molecule has 0 bridgehead atoms. The van der Waals surface area contributed by atoms with Crippen LogP contribution in [0.3, 0.4) is 0 Å². The SMILES string of the molecule is C1Cc2nc(NC3CC3)nc(C3CC3)c2CN1. The first-order valence-corrected chi connectivity index (χ1v) is 6.77. The molecule has 3 aliphatic rings. The van der Waals surface area contributed by atoms with E-state index in [9.17, 15) is 0 Å². The lowest BCUT2D eigenvalue weighted by Crippen LogP contribution is -2.27. The van der Waals surface area contributed by atoms with E-state index >= 15 is 0 Å². The van der Waals surface area contributed by atoms with Gasteiger partial charge in [0.25, 0.3) is 0 Å². The average molecular weight is 230 g/mol. The van der Waals surface area contributed by atoms with Crippen molar-refractivity contribution in [3.05, 3.63) is 17.0 Å². The van der Waals surface area contributed by atoms with Crippen molar-refractivity contribution in [3.63, 3.8) is 0 Å². The molecule has 2 heterocycles. The Labute approximate surface area is 101 Å². The first kappa shape index (κ1) is 9.83. The molecule has 4 rings (SSSR count). The first-order chi connectivity index (χ1) is 8.40. The summed E-state index contributed by atoms with van der Waals surface area (Å²) in [5.74, 6) is 1.60. The number of hydrogen-bond donors (Lipinski definition) is 2. The minimum atomic E-state index is 0.641. The molecule has 0 atom stereocenters. The molecule has 2 saturated carbocycles. The highest BCUT2D eigenvalue weighted by Crippen LogP contribution is 2.42. The Morgan fingerprint density at radius 3 is 2.76 bits per heavy atom.